The third kappa shape index (κ3) is 2.81. The van der Waals surface area contributed by atoms with Crippen LogP contribution in [0.15, 0.2) is 46.9 Å². The fourth-order valence-electron chi connectivity index (χ4n) is 2.22. The van der Waals surface area contributed by atoms with Crippen LogP contribution in [0.3, 0.4) is 0 Å². The van der Waals surface area contributed by atoms with Crippen LogP contribution < -0.4 is 5.73 Å². The van der Waals surface area contributed by atoms with Crippen molar-refractivity contribution in [2.45, 2.75) is 0 Å². The summed E-state index contributed by atoms with van der Waals surface area (Å²) in [5, 5.41) is 14.9. The molecule has 0 saturated heterocycles. The molecule has 0 aliphatic rings. The second-order valence-corrected chi connectivity index (χ2v) is 6.41. The van der Waals surface area contributed by atoms with Crippen LogP contribution in [0.25, 0.3) is 16.9 Å². The van der Waals surface area contributed by atoms with E-state index in [4.69, 9.17) is 28.9 Å². The number of aromatic nitrogens is 2. The Kier molecular flexibility index (Phi) is 4.31. The average molecular weight is 408 g/mol. The van der Waals surface area contributed by atoms with Gasteiger partial charge in [0.2, 0.25) is 0 Å². The van der Waals surface area contributed by atoms with Crippen molar-refractivity contribution in [3.63, 3.8) is 0 Å². The lowest BCUT2D eigenvalue weighted by atomic mass is 10.1. The van der Waals surface area contributed by atoms with E-state index in [1.165, 1.54) is 4.68 Å². The molecule has 2 N–H and O–H groups in total. The standard InChI is InChI=1S/C16H9BrCl2N4/c17-12-3-1-2-4-14(12)23-16(21)11(8-20)15(22-23)10-6-5-9(18)7-13(10)19/h1-7H,21H2. The third-order valence-electron chi connectivity index (χ3n) is 3.30. The number of nitrogen functional groups attached to an aromatic ring is 1. The molecule has 23 heavy (non-hydrogen) atoms. The highest BCUT2D eigenvalue weighted by molar-refractivity contribution is 9.10. The summed E-state index contributed by atoms with van der Waals surface area (Å²) in [6, 6.07) is 14.6. The Labute approximate surface area is 151 Å². The summed E-state index contributed by atoms with van der Waals surface area (Å²) in [5.41, 5.74) is 8.14. The Balaban J connectivity index is 2.26. The van der Waals surface area contributed by atoms with Gasteiger partial charge in [-0.05, 0) is 46.3 Å². The SMILES string of the molecule is N#Cc1c(-c2ccc(Cl)cc2Cl)nn(-c2ccccc2Br)c1N. The minimum atomic E-state index is 0.250. The van der Waals surface area contributed by atoms with Crippen LogP contribution in [0.2, 0.25) is 10.0 Å². The first kappa shape index (κ1) is 15.9. The van der Waals surface area contributed by atoms with Gasteiger partial charge in [0, 0.05) is 15.1 Å². The molecular weight excluding hydrogens is 399 g/mol. The minimum Gasteiger partial charge on any atom is -0.382 e. The zero-order valence-corrected chi connectivity index (χ0v) is 14.7. The second-order valence-electron chi connectivity index (χ2n) is 4.71. The molecular formula is C16H9BrCl2N4. The monoisotopic (exact) mass is 406 g/mol. The van der Waals surface area contributed by atoms with Crippen LogP contribution in [0.1, 0.15) is 5.56 Å². The number of nitriles is 1. The molecule has 0 atom stereocenters. The number of hydrogen-bond donors (Lipinski definition) is 1. The molecule has 7 heteroatoms. The molecule has 0 fully saturated rings. The third-order valence-corrected chi connectivity index (χ3v) is 4.52. The molecule has 1 aromatic heterocycles. The van der Waals surface area contributed by atoms with Gasteiger partial charge in [0.05, 0.1) is 10.7 Å². The lowest BCUT2D eigenvalue weighted by Gasteiger charge is -2.05. The van der Waals surface area contributed by atoms with Crippen molar-refractivity contribution in [2.24, 2.45) is 0 Å². The number of nitrogens with zero attached hydrogens (tertiary/aromatic N) is 3. The van der Waals surface area contributed by atoms with Crippen molar-refractivity contribution < 1.29 is 0 Å². The predicted molar refractivity (Wildman–Crippen MR) is 95.8 cm³/mol. The van der Waals surface area contributed by atoms with Crippen LogP contribution >= 0.6 is 39.1 Å². The number of halogens is 3. The molecule has 0 bridgehead atoms. The smallest absolute Gasteiger partial charge is 0.145 e. The number of nitrogens with two attached hydrogens (primary N) is 1. The Morgan fingerprint density at radius 3 is 2.57 bits per heavy atom. The fraction of sp³-hybridized carbons (Fsp3) is 0. The molecule has 2 aromatic carbocycles. The molecule has 0 aliphatic heterocycles. The molecule has 0 unspecified atom stereocenters. The minimum absolute atomic E-state index is 0.250. The second kappa shape index (κ2) is 6.25. The molecule has 0 saturated carbocycles. The summed E-state index contributed by atoms with van der Waals surface area (Å²) in [4.78, 5) is 0. The van der Waals surface area contributed by atoms with Gasteiger partial charge < -0.3 is 5.73 Å². The largest absolute Gasteiger partial charge is 0.382 e. The maximum absolute atomic E-state index is 9.47. The zero-order chi connectivity index (χ0) is 16.6. The average Bonchev–Trinajstić information content (AvgIpc) is 2.84. The van der Waals surface area contributed by atoms with Crippen LogP contribution in [0, 0.1) is 11.3 Å². The summed E-state index contributed by atoms with van der Waals surface area (Å²) in [6.07, 6.45) is 0. The van der Waals surface area contributed by atoms with Gasteiger partial charge in [0.1, 0.15) is 23.1 Å². The number of rotatable bonds is 2. The summed E-state index contributed by atoms with van der Waals surface area (Å²) >= 11 is 15.6. The van der Waals surface area contributed by atoms with Crippen molar-refractivity contribution in [1.82, 2.24) is 9.78 Å². The number of benzene rings is 2. The Morgan fingerprint density at radius 2 is 1.91 bits per heavy atom. The van der Waals surface area contributed by atoms with Gasteiger partial charge in [-0.15, -0.1) is 0 Å². The first-order valence-electron chi connectivity index (χ1n) is 6.52. The zero-order valence-electron chi connectivity index (χ0n) is 11.6. The summed E-state index contributed by atoms with van der Waals surface area (Å²) < 4.78 is 2.33. The molecule has 3 aromatic rings. The molecule has 0 aliphatic carbocycles. The summed E-state index contributed by atoms with van der Waals surface area (Å²) in [5.74, 6) is 0.250. The molecule has 114 valence electrons. The van der Waals surface area contributed by atoms with E-state index in [1.807, 2.05) is 24.3 Å². The van der Waals surface area contributed by atoms with E-state index < -0.39 is 0 Å². The first-order valence-corrected chi connectivity index (χ1v) is 8.06. The van der Waals surface area contributed by atoms with Crippen LogP contribution in [-0.2, 0) is 0 Å². The van der Waals surface area contributed by atoms with Crippen molar-refractivity contribution >= 4 is 44.9 Å². The first-order chi connectivity index (χ1) is 11.0. The highest BCUT2D eigenvalue weighted by atomic mass is 79.9. The van der Waals surface area contributed by atoms with E-state index in [1.54, 1.807) is 18.2 Å². The predicted octanol–water partition coefficient (Wildman–Crippen LogP) is 5.06. The van der Waals surface area contributed by atoms with Crippen molar-refractivity contribution in [3.05, 3.63) is 62.5 Å². The topological polar surface area (TPSA) is 67.6 Å². The Bertz CT molecular complexity index is 944. The van der Waals surface area contributed by atoms with Gasteiger partial charge >= 0.3 is 0 Å². The molecule has 0 spiro atoms. The van der Waals surface area contributed by atoms with Crippen molar-refractivity contribution in [1.29, 1.82) is 5.26 Å². The number of hydrogen-bond acceptors (Lipinski definition) is 3. The van der Waals surface area contributed by atoms with Gasteiger partial charge in [-0.3, -0.25) is 0 Å². The van der Waals surface area contributed by atoms with E-state index in [2.05, 4.69) is 27.1 Å². The number of para-hydroxylation sites is 1. The maximum atomic E-state index is 9.47. The summed E-state index contributed by atoms with van der Waals surface area (Å²) in [7, 11) is 0. The lowest BCUT2D eigenvalue weighted by Crippen LogP contribution is -2.03. The fourth-order valence-corrected chi connectivity index (χ4v) is 3.17. The highest BCUT2D eigenvalue weighted by Gasteiger charge is 2.20. The normalized spacial score (nSPS) is 10.5. The van der Waals surface area contributed by atoms with E-state index in [9.17, 15) is 5.26 Å². The van der Waals surface area contributed by atoms with Crippen LogP contribution in [0.5, 0.6) is 0 Å². The van der Waals surface area contributed by atoms with Gasteiger partial charge in [-0.2, -0.15) is 10.4 Å². The van der Waals surface area contributed by atoms with E-state index in [-0.39, 0.29) is 11.4 Å². The molecule has 0 amide bonds. The van der Waals surface area contributed by atoms with Crippen molar-refractivity contribution in [3.8, 4) is 23.0 Å². The summed E-state index contributed by atoms with van der Waals surface area (Å²) in [6.45, 7) is 0. The van der Waals surface area contributed by atoms with E-state index >= 15 is 0 Å². The highest BCUT2D eigenvalue weighted by Crippen LogP contribution is 2.35. The Morgan fingerprint density at radius 1 is 1.17 bits per heavy atom. The van der Waals surface area contributed by atoms with Gasteiger partial charge in [-0.25, -0.2) is 4.68 Å². The van der Waals surface area contributed by atoms with Crippen LogP contribution in [0.4, 0.5) is 5.82 Å². The quantitative estimate of drug-likeness (QED) is 0.645. The van der Waals surface area contributed by atoms with Gasteiger partial charge in [0.15, 0.2) is 0 Å². The van der Waals surface area contributed by atoms with Gasteiger partial charge in [-0.1, -0.05) is 35.3 Å². The van der Waals surface area contributed by atoms with E-state index in [0.717, 1.165) is 10.2 Å². The van der Waals surface area contributed by atoms with Gasteiger partial charge in [0.25, 0.3) is 0 Å². The maximum Gasteiger partial charge on any atom is 0.145 e. The molecule has 1 heterocycles. The lowest BCUT2D eigenvalue weighted by molar-refractivity contribution is 0.890. The van der Waals surface area contributed by atoms with Crippen LogP contribution in [-0.4, -0.2) is 9.78 Å². The Hall–Kier alpha value is -2.00. The molecule has 3 rings (SSSR count). The van der Waals surface area contributed by atoms with Crippen molar-refractivity contribution in [2.75, 3.05) is 5.73 Å². The molecule has 0 radical (unpaired) electrons. The van der Waals surface area contributed by atoms with E-state index in [0.29, 0.717) is 21.3 Å². The molecule has 4 nitrogen and oxygen atoms in total. The number of anilines is 1.